The Hall–Kier alpha value is -2.72. The third-order valence-corrected chi connectivity index (χ3v) is 5.34. The van der Waals surface area contributed by atoms with Crippen LogP contribution in [0.15, 0.2) is 48.5 Å². The van der Waals surface area contributed by atoms with Crippen LogP contribution in [0, 0.1) is 0 Å². The Balaban J connectivity index is 1.49. The van der Waals surface area contributed by atoms with Crippen molar-refractivity contribution in [2.45, 2.75) is 13.0 Å². The first-order valence-electron chi connectivity index (χ1n) is 8.35. The Bertz CT molecular complexity index is 1120. The normalized spacial score (nSPS) is 14.2. The SMILES string of the molecule is O=C(c1cc2c(Cl)cccc2[nH]1)N1CCc2c([nH]c3ccccc23)C1. The van der Waals surface area contributed by atoms with Gasteiger partial charge in [0.05, 0.1) is 6.54 Å². The predicted molar refractivity (Wildman–Crippen MR) is 100 cm³/mol. The topological polar surface area (TPSA) is 51.9 Å². The zero-order chi connectivity index (χ0) is 17.0. The minimum absolute atomic E-state index is 0.0107. The summed E-state index contributed by atoms with van der Waals surface area (Å²) in [5.74, 6) is 0.0107. The number of aromatic amines is 2. The van der Waals surface area contributed by atoms with E-state index in [1.54, 1.807) is 0 Å². The second-order valence-corrected chi connectivity index (χ2v) is 6.90. The Labute approximate surface area is 149 Å². The lowest BCUT2D eigenvalue weighted by Gasteiger charge is -2.26. The van der Waals surface area contributed by atoms with Crippen molar-refractivity contribution in [1.82, 2.24) is 14.9 Å². The molecule has 3 heterocycles. The summed E-state index contributed by atoms with van der Waals surface area (Å²) in [5.41, 5.74) is 5.08. The highest BCUT2D eigenvalue weighted by Crippen LogP contribution is 2.29. The van der Waals surface area contributed by atoms with Gasteiger partial charge in [0, 0.05) is 39.1 Å². The number of nitrogens with one attached hydrogen (secondary N) is 2. The third kappa shape index (κ3) is 2.25. The maximum absolute atomic E-state index is 12.9. The van der Waals surface area contributed by atoms with E-state index in [-0.39, 0.29) is 5.91 Å². The van der Waals surface area contributed by atoms with E-state index in [0.717, 1.165) is 35.1 Å². The molecule has 2 N–H and O–H groups in total. The van der Waals surface area contributed by atoms with Gasteiger partial charge in [-0.15, -0.1) is 0 Å². The summed E-state index contributed by atoms with van der Waals surface area (Å²) in [5, 5.41) is 2.81. The number of aromatic nitrogens is 2. The van der Waals surface area contributed by atoms with Crippen LogP contribution in [0.5, 0.6) is 0 Å². The van der Waals surface area contributed by atoms with E-state index < -0.39 is 0 Å². The van der Waals surface area contributed by atoms with Crippen LogP contribution in [-0.4, -0.2) is 27.3 Å². The molecule has 0 spiro atoms. The molecule has 5 rings (SSSR count). The van der Waals surface area contributed by atoms with Gasteiger partial charge in [0.1, 0.15) is 5.69 Å². The number of rotatable bonds is 1. The van der Waals surface area contributed by atoms with Gasteiger partial charge in [-0.3, -0.25) is 4.79 Å². The van der Waals surface area contributed by atoms with E-state index in [9.17, 15) is 4.79 Å². The quantitative estimate of drug-likeness (QED) is 0.522. The van der Waals surface area contributed by atoms with Crippen LogP contribution in [-0.2, 0) is 13.0 Å². The number of nitrogens with zero attached hydrogens (tertiary/aromatic N) is 1. The fraction of sp³-hybridized carbons (Fsp3) is 0.150. The Morgan fingerprint density at radius 1 is 1.00 bits per heavy atom. The van der Waals surface area contributed by atoms with E-state index in [0.29, 0.717) is 17.3 Å². The van der Waals surface area contributed by atoms with Crippen LogP contribution >= 0.6 is 11.6 Å². The number of hydrogen-bond acceptors (Lipinski definition) is 1. The second kappa shape index (κ2) is 5.39. The molecule has 0 radical (unpaired) electrons. The van der Waals surface area contributed by atoms with Crippen molar-refractivity contribution in [1.29, 1.82) is 0 Å². The van der Waals surface area contributed by atoms with Crippen LogP contribution < -0.4 is 0 Å². The highest BCUT2D eigenvalue weighted by molar-refractivity contribution is 6.35. The number of amides is 1. The first kappa shape index (κ1) is 14.6. The van der Waals surface area contributed by atoms with Crippen molar-refractivity contribution in [3.63, 3.8) is 0 Å². The van der Waals surface area contributed by atoms with Crippen molar-refractivity contribution >= 4 is 39.3 Å². The molecule has 0 atom stereocenters. The van der Waals surface area contributed by atoms with Crippen molar-refractivity contribution in [2.75, 3.05) is 6.54 Å². The minimum atomic E-state index is 0.0107. The number of para-hydroxylation sites is 1. The monoisotopic (exact) mass is 349 g/mol. The molecular weight excluding hydrogens is 334 g/mol. The Morgan fingerprint density at radius 3 is 2.68 bits per heavy atom. The molecule has 1 aliphatic rings. The van der Waals surface area contributed by atoms with Gasteiger partial charge in [-0.2, -0.15) is 0 Å². The molecule has 124 valence electrons. The highest BCUT2D eigenvalue weighted by Gasteiger charge is 2.25. The van der Waals surface area contributed by atoms with E-state index in [1.165, 1.54) is 10.9 Å². The molecular formula is C20H16ClN3O. The number of benzene rings is 2. The largest absolute Gasteiger partial charge is 0.357 e. The molecule has 4 nitrogen and oxygen atoms in total. The van der Waals surface area contributed by atoms with Crippen LogP contribution in [0.4, 0.5) is 0 Å². The molecule has 5 heteroatoms. The maximum Gasteiger partial charge on any atom is 0.270 e. The lowest BCUT2D eigenvalue weighted by molar-refractivity contribution is 0.0728. The van der Waals surface area contributed by atoms with Crippen LogP contribution in [0.1, 0.15) is 21.7 Å². The minimum Gasteiger partial charge on any atom is -0.357 e. The standard InChI is InChI=1S/C20H16ClN3O/c21-15-5-3-7-17-14(15)10-18(22-17)20(25)24-9-8-13-12-4-1-2-6-16(12)23-19(13)11-24/h1-7,10,22-23H,8-9,11H2. The molecule has 0 bridgehead atoms. The number of H-pyrrole nitrogens is 2. The highest BCUT2D eigenvalue weighted by atomic mass is 35.5. The predicted octanol–water partition coefficient (Wildman–Crippen LogP) is 4.50. The second-order valence-electron chi connectivity index (χ2n) is 6.49. The van der Waals surface area contributed by atoms with E-state index in [2.05, 4.69) is 28.2 Å². The van der Waals surface area contributed by atoms with Gasteiger partial charge in [0.25, 0.3) is 5.91 Å². The lowest BCUT2D eigenvalue weighted by atomic mass is 10.0. The fourth-order valence-corrected chi connectivity index (χ4v) is 4.00. The molecule has 0 fully saturated rings. The van der Waals surface area contributed by atoms with Crippen molar-refractivity contribution in [3.05, 3.63) is 70.5 Å². The first-order valence-corrected chi connectivity index (χ1v) is 8.73. The van der Waals surface area contributed by atoms with Crippen molar-refractivity contribution < 1.29 is 4.79 Å². The summed E-state index contributed by atoms with van der Waals surface area (Å²) in [7, 11) is 0. The molecule has 0 aliphatic carbocycles. The fourth-order valence-electron chi connectivity index (χ4n) is 3.77. The average molecular weight is 350 g/mol. The van der Waals surface area contributed by atoms with Gasteiger partial charge < -0.3 is 14.9 Å². The van der Waals surface area contributed by atoms with Crippen LogP contribution in [0.2, 0.25) is 5.02 Å². The van der Waals surface area contributed by atoms with Gasteiger partial charge in [-0.25, -0.2) is 0 Å². The van der Waals surface area contributed by atoms with Gasteiger partial charge in [-0.1, -0.05) is 35.9 Å². The summed E-state index contributed by atoms with van der Waals surface area (Å²) in [4.78, 5) is 21.5. The van der Waals surface area contributed by atoms with E-state index in [4.69, 9.17) is 11.6 Å². The van der Waals surface area contributed by atoms with Gasteiger partial charge >= 0.3 is 0 Å². The summed E-state index contributed by atoms with van der Waals surface area (Å²) in [6.07, 6.45) is 0.867. The van der Waals surface area contributed by atoms with E-state index >= 15 is 0 Å². The van der Waals surface area contributed by atoms with Gasteiger partial charge in [0.2, 0.25) is 0 Å². The third-order valence-electron chi connectivity index (χ3n) is 5.01. The molecule has 4 aromatic rings. The summed E-state index contributed by atoms with van der Waals surface area (Å²) < 4.78 is 0. The smallest absolute Gasteiger partial charge is 0.270 e. The van der Waals surface area contributed by atoms with E-state index in [1.807, 2.05) is 35.2 Å². The molecule has 0 saturated heterocycles. The molecule has 25 heavy (non-hydrogen) atoms. The van der Waals surface area contributed by atoms with Crippen molar-refractivity contribution in [3.8, 4) is 0 Å². The van der Waals surface area contributed by atoms with Crippen LogP contribution in [0.3, 0.4) is 0 Å². The zero-order valence-corrected chi connectivity index (χ0v) is 14.2. The van der Waals surface area contributed by atoms with Crippen molar-refractivity contribution in [2.24, 2.45) is 0 Å². The maximum atomic E-state index is 12.9. The molecule has 2 aromatic heterocycles. The Morgan fingerprint density at radius 2 is 1.80 bits per heavy atom. The summed E-state index contributed by atoms with van der Waals surface area (Å²) >= 11 is 6.22. The number of carbonyl (C=O) groups is 1. The molecule has 0 unspecified atom stereocenters. The first-order chi connectivity index (χ1) is 12.2. The lowest BCUT2D eigenvalue weighted by Crippen LogP contribution is -2.36. The number of fused-ring (bicyclic) bond motifs is 4. The number of carbonyl (C=O) groups excluding carboxylic acids is 1. The Kier molecular flexibility index (Phi) is 3.15. The average Bonchev–Trinajstić information content (AvgIpc) is 3.22. The zero-order valence-electron chi connectivity index (χ0n) is 13.5. The molecule has 2 aromatic carbocycles. The number of halogens is 1. The van der Waals surface area contributed by atoms with Crippen LogP contribution in [0.25, 0.3) is 21.8 Å². The molecule has 1 amide bonds. The van der Waals surface area contributed by atoms with Gasteiger partial charge in [0.15, 0.2) is 0 Å². The summed E-state index contributed by atoms with van der Waals surface area (Å²) in [6.45, 7) is 1.32. The summed E-state index contributed by atoms with van der Waals surface area (Å²) in [6, 6.07) is 15.8. The van der Waals surface area contributed by atoms with Gasteiger partial charge in [-0.05, 0) is 36.2 Å². The molecule has 0 saturated carbocycles. The number of hydrogen-bond donors (Lipinski definition) is 2. The molecule has 1 aliphatic heterocycles.